The molecule has 0 spiro atoms. The number of carbonyl (C=O) groups excluding carboxylic acids is 1. The van der Waals surface area contributed by atoms with Crippen molar-refractivity contribution in [3.63, 3.8) is 0 Å². The molecule has 1 aromatic heterocycles. The number of hydrogen-bond donors (Lipinski definition) is 2. The first-order valence-corrected chi connectivity index (χ1v) is 10.2. The Labute approximate surface area is 183 Å². The largest absolute Gasteiger partial charge is 0.497 e. The fourth-order valence-electron chi connectivity index (χ4n) is 3.71. The minimum atomic E-state index is -4.39. The Hall–Kier alpha value is -3.11. The second kappa shape index (κ2) is 9.17. The van der Waals surface area contributed by atoms with Gasteiger partial charge in [0, 0.05) is 37.9 Å². The van der Waals surface area contributed by atoms with Gasteiger partial charge in [-0.25, -0.2) is 4.98 Å². The number of fused-ring (bicyclic) bond motifs is 1. The summed E-state index contributed by atoms with van der Waals surface area (Å²) in [5.74, 6) is 1.40. The third-order valence-electron chi connectivity index (χ3n) is 5.44. The standard InChI is InChI=1S/C22H24F3N5O2/c1-32-17-6-7-18-19(12-17)28-20(27-18)13-29-8-10-30(11-9-29)14-21(31)26-16-4-2-15(3-5-16)22(23,24)25/h2-7,12H,8-11,13-14H2,1H3,(H,26,31)(H,27,28). The van der Waals surface area contributed by atoms with E-state index in [1.165, 1.54) is 12.1 Å². The molecule has 2 heterocycles. The zero-order chi connectivity index (χ0) is 22.7. The number of carbonyl (C=O) groups is 1. The molecule has 0 unspecified atom stereocenters. The summed E-state index contributed by atoms with van der Waals surface area (Å²) >= 11 is 0. The Morgan fingerprint density at radius 1 is 1.09 bits per heavy atom. The van der Waals surface area contributed by atoms with Crippen molar-refractivity contribution in [3.8, 4) is 5.75 Å². The minimum absolute atomic E-state index is 0.194. The van der Waals surface area contributed by atoms with Crippen LogP contribution >= 0.6 is 0 Å². The molecule has 0 bridgehead atoms. The fourth-order valence-corrected chi connectivity index (χ4v) is 3.71. The third-order valence-corrected chi connectivity index (χ3v) is 5.44. The minimum Gasteiger partial charge on any atom is -0.497 e. The maximum Gasteiger partial charge on any atom is 0.416 e. The number of halogens is 3. The second-order valence-electron chi connectivity index (χ2n) is 7.74. The van der Waals surface area contributed by atoms with Crippen molar-refractivity contribution in [3.05, 3.63) is 53.9 Å². The van der Waals surface area contributed by atoms with Gasteiger partial charge in [0.05, 0.1) is 36.8 Å². The molecule has 2 N–H and O–H groups in total. The molecule has 0 atom stereocenters. The van der Waals surface area contributed by atoms with Crippen molar-refractivity contribution in [2.75, 3.05) is 45.2 Å². The number of anilines is 1. The van der Waals surface area contributed by atoms with E-state index in [0.29, 0.717) is 25.3 Å². The number of nitrogens with one attached hydrogen (secondary N) is 2. The quantitative estimate of drug-likeness (QED) is 0.607. The fraction of sp³-hybridized carbons (Fsp3) is 0.364. The van der Waals surface area contributed by atoms with Gasteiger partial charge in [-0.05, 0) is 36.4 Å². The Morgan fingerprint density at radius 2 is 1.78 bits per heavy atom. The van der Waals surface area contributed by atoms with Crippen LogP contribution in [0.3, 0.4) is 0 Å². The monoisotopic (exact) mass is 447 g/mol. The Bertz CT molecular complexity index is 1070. The van der Waals surface area contributed by atoms with Crippen LogP contribution in [0, 0.1) is 0 Å². The van der Waals surface area contributed by atoms with Crippen LogP contribution in [0.25, 0.3) is 11.0 Å². The van der Waals surface area contributed by atoms with E-state index < -0.39 is 11.7 Å². The molecular weight excluding hydrogens is 423 g/mol. The number of hydrogen-bond acceptors (Lipinski definition) is 5. The topological polar surface area (TPSA) is 73.5 Å². The highest BCUT2D eigenvalue weighted by molar-refractivity contribution is 5.92. The van der Waals surface area contributed by atoms with Crippen LogP contribution < -0.4 is 10.1 Å². The normalized spacial score (nSPS) is 15.8. The summed E-state index contributed by atoms with van der Waals surface area (Å²) in [7, 11) is 1.63. The SMILES string of the molecule is COc1ccc2nc(CN3CCN(CC(=O)Nc4ccc(C(F)(F)F)cc4)CC3)[nH]c2c1. The number of nitrogens with zero attached hydrogens (tertiary/aromatic N) is 3. The van der Waals surface area contributed by atoms with Crippen LogP contribution in [0.4, 0.5) is 18.9 Å². The number of rotatable bonds is 6. The molecule has 1 amide bonds. The van der Waals surface area contributed by atoms with Crippen LogP contribution in [-0.2, 0) is 17.5 Å². The highest BCUT2D eigenvalue weighted by Crippen LogP contribution is 2.29. The van der Waals surface area contributed by atoms with E-state index in [4.69, 9.17) is 4.74 Å². The number of methoxy groups -OCH3 is 1. The van der Waals surface area contributed by atoms with E-state index in [0.717, 1.165) is 47.8 Å². The molecular formula is C22H24F3N5O2. The van der Waals surface area contributed by atoms with Crippen molar-refractivity contribution >= 4 is 22.6 Å². The predicted octanol–water partition coefficient (Wildman–Crippen LogP) is 3.35. The number of amides is 1. The summed E-state index contributed by atoms with van der Waals surface area (Å²) in [5, 5.41) is 2.66. The molecule has 10 heteroatoms. The Morgan fingerprint density at radius 3 is 2.44 bits per heavy atom. The molecule has 1 aliphatic heterocycles. The summed E-state index contributed by atoms with van der Waals surface area (Å²) < 4.78 is 43.1. The highest BCUT2D eigenvalue weighted by Gasteiger charge is 2.30. The van der Waals surface area contributed by atoms with E-state index in [1.54, 1.807) is 7.11 Å². The number of alkyl halides is 3. The van der Waals surface area contributed by atoms with Crippen molar-refractivity contribution in [1.82, 2.24) is 19.8 Å². The lowest BCUT2D eigenvalue weighted by Crippen LogP contribution is -2.48. The molecule has 1 aliphatic rings. The predicted molar refractivity (Wildman–Crippen MR) is 114 cm³/mol. The van der Waals surface area contributed by atoms with Gasteiger partial charge in [0.2, 0.25) is 5.91 Å². The van der Waals surface area contributed by atoms with E-state index in [2.05, 4.69) is 20.2 Å². The van der Waals surface area contributed by atoms with E-state index >= 15 is 0 Å². The second-order valence-corrected chi connectivity index (χ2v) is 7.74. The number of H-pyrrole nitrogens is 1. The van der Waals surface area contributed by atoms with Crippen molar-refractivity contribution in [2.24, 2.45) is 0 Å². The molecule has 2 aromatic carbocycles. The Balaban J connectivity index is 1.24. The summed E-state index contributed by atoms with van der Waals surface area (Å²) in [5.41, 5.74) is 1.43. The van der Waals surface area contributed by atoms with Crippen molar-refractivity contribution in [1.29, 1.82) is 0 Å². The van der Waals surface area contributed by atoms with Gasteiger partial charge >= 0.3 is 6.18 Å². The summed E-state index contributed by atoms with van der Waals surface area (Å²) in [6.07, 6.45) is -4.39. The zero-order valence-electron chi connectivity index (χ0n) is 17.6. The number of benzene rings is 2. The maximum absolute atomic E-state index is 12.6. The molecule has 7 nitrogen and oxygen atoms in total. The molecule has 1 fully saturated rings. The average molecular weight is 447 g/mol. The number of imidazole rings is 1. The molecule has 0 saturated carbocycles. The van der Waals surface area contributed by atoms with E-state index in [1.807, 2.05) is 23.1 Å². The smallest absolute Gasteiger partial charge is 0.416 e. The lowest BCUT2D eigenvalue weighted by atomic mass is 10.2. The molecule has 3 aromatic rings. The van der Waals surface area contributed by atoms with Crippen LogP contribution in [0.1, 0.15) is 11.4 Å². The number of piperazine rings is 1. The third kappa shape index (κ3) is 5.38. The van der Waals surface area contributed by atoms with Gasteiger partial charge in [0.25, 0.3) is 0 Å². The van der Waals surface area contributed by atoms with Gasteiger partial charge in [-0.15, -0.1) is 0 Å². The molecule has 4 rings (SSSR count). The number of ether oxygens (including phenoxy) is 1. The first-order chi connectivity index (χ1) is 15.3. The number of aromatic amines is 1. The van der Waals surface area contributed by atoms with E-state index in [9.17, 15) is 18.0 Å². The summed E-state index contributed by atoms with van der Waals surface area (Å²) in [4.78, 5) is 24.5. The molecule has 0 aliphatic carbocycles. The average Bonchev–Trinajstić information content (AvgIpc) is 3.16. The van der Waals surface area contributed by atoms with Crippen LogP contribution in [0.5, 0.6) is 5.75 Å². The van der Waals surface area contributed by atoms with Crippen LogP contribution in [0.2, 0.25) is 0 Å². The number of aromatic nitrogens is 2. The molecule has 170 valence electrons. The van der Waals surface area contributed by atoms with Gasteiger partial charge in [-0.3, -0.25) is 14.6 Å². The van der Waals surface area contributed by atoms with Crippen molar-refractivity contribution in [2.45, 2.75) is 12.7 Å². The first-order valence-electron chi connectivity index (χ1n) is 10.2. The van der Waals surface area contributed by atoms with Crippen molar-refractivity contribution < 1.29 is 22.7 Å². The van der Waals surface area contributed by atoms with Gasteiger partial charge in [0.1, 0.15) is 11.6 Å². The molecule has 32 heavy (non-hydrogen) atoms. The molecule has 0 radical (unpaired) electrons. The van der Waals surface area contributed by atoms with E-state index in [-0.39, 0.29) is 12.5 Å². The zero-order valence-corrected chi connectivity index (χ0v) is 17.6. The Kier molecular flexibility index (Phi) is 6.33. The van der Waals surface area contributed by atoms with Crippen LogP contribution in [-0.4, -0.2) is 65.5 Å². The maximum atomic E-state index is 12.6. The van der Waals surface area contributed by atoms with Gasteiger partial charge in [0.15, 0.2) is 0 Å². The molecule has 1 saturated heterocycles. The highest BCUT2D eigenvalue weighted by atomic mass is 19.4. The lowest BCUT2D eigenvalue weighted by Gasteiger charge is -2.33. The first kappa shape index (κ1) is 22.1. The van der Waals surface area contributed by atoms with Gasteiger partial charge in [-0.2, -0.15) is 13.2 Å². The summed E-state index contributed by atoms with van der Waals surface area (Å²) in [6.45, 7) is 3.88. The van der Waals surface area contributed by atoms with Gasteiger partial charge in [-0.1, -0.05) is 0 Å². The lowest BCUT2D eigenvalue weighted by molar-refractivity contribution is -0.137. The van der Waals surface area contributed by atoms with Crippen LogP contribution in [0.15, 0.2) is 42.5 Å². The van der Waals surface area contributed by atoms with Gasteiger partial charge < -0.3 is 15.0 Å². The summed E-state index contributed by atoms with van der Waals surface area (Å²) in [6, 6.07) is 10.2.